The van der Waals surface area contributed by atoms with Crippen molar-refractivity contribution in [1.82, 2.24) is 0 Å². The number of aliphatic hydroxyl groups excluding tert-OH is 1. The van der Waals surface area contributed by atoms with Gasteiger partial charge in [0.2, 0.25) is 5.90 Å². The molecule has 0 bridgehead atoms. The molecule has 3 rings (SSSR count). The molecule has 1 heterocycles. The maximum atomic E-state index is 10.1. The highest BCUT2D eigenvalue weighted by Crippen LogP contribution is 2.27. The lowest BCUT2D eigenvalue weighted by atomic mass is 10.0. The van der Waals surface area contributed by atoms with Crippen LogP contribution >= 0.6 is 0 Å². The topological polar surface area (TPSA) is 51.0 Å². The molecule has 21 heavy (non-hydrogen) atoms. The molecular weight excluding hydrogens is 266 g/mol. The van der Waals surface area contributed by atoms with Crippen molar-refractivity contribution >= 4 is 5.90 Å². The van der Waals surface area contributed by atoms with Crippen molar-refractivity contribution in [3.63, 3.8) is 0 Å². The molecule has 2 aromatic rings. The molecule has 4 nitrogen and oxygen atoms in total. The number of aliphatic hydroxyl groups is 1. The highest BCUT2D eigenvalue weighted by atomic mass is 16.5. The molecule has 2 atom stereocenters. The maximum Gasteiger partial charge on any atom is 0.216 e. The number of hydrogen-bond acceptors (Lipinski definition) is 4. The van der Waals surface area contributed by atoms with E-state index in [1.807, 2.05) is 54.6 Å². The molecular formula is C17H17NO3. The molecule has 1 aliphatic heterocycles. The monoisotopic (exact) mass is 283 g/mol. The van der Waals surface area contributed by atoms with Crippen LogP contribution in [0.5, 0.6) is 5.75 Å². The Labute approximate surface area is 123 Å². The number of benzene rings is 2. The van der Waals surface area contributed by atoms with Crippen molar-refractivity contribution in [2.45, 2.75) is 12.2 Å². The first-order valence-electron chi connectivity index (χ1n) is 6.86. The molecule has 0 saturated heterocycles. The molecule has 2 unspecified atom stereocenters. The Morgan fingerprint density at radius 1 is 1.10 bits per heavy atom. The third-order valence-corrected chi connectivity index (χ3v) is 3.48. The zero-order valence-electron chi connectivity index (χ0n) is 11.8. The summed E-state index contributed by atoms with van der Waals surface area (Å²) in [4.78, 5) is 4.32. The van der Waals surface area contributed by atoms with Gasteiger partial charge in [0.15, 0.2) is 6.10 Å². The van der Waals surface area contributed by atoms with E-state index in [2.05, 4.69) is 4.99 Å². The van der Waals surface area contributed by atoms with Gasteiger partial charge < -0.3 is 14.6 Å². The van der Waals surface area contributed by atoms with Gasteiger partial charge in [-0.2, -0.15) is 0 Å². The van der Waals surface area contributed by atoms with Crippen molar-refractivity contribution in [2.75, 3.05) is 13.7 Å². The summed E-state index contributed by atoms with van der Waals surface area (Å²) in [5.74, 6) is 1.34. The highest BCUT2D eigenvalue weighted by Gasteiger charge is 2.28. The van der Waals surface area contributed by atoms with Crippen LogP contribution in [0.3, 0.4) is 0 Å². The van der Waals surface area contributed by atoms with E-state index in [0.29, 0.717) is 12.4 Å². The second-order valence-electron chi connectivity index (χ2n) is 4.89. The largest absolute Gasteiger partial charge is 0.497 e. The molecule has 0 aliphatic carbocycles. The summed E-state index contributed by atoms with van der Waals surface area (Å²) in [7, 11) is 1.63. The van der Waals surface area contributed by atoms with Gasteiger partial charge in [-0.25, -0.2) is 4.99 Å². The SMILES string of the molecule is COc1ccc(C2=NCC(O)C(c3ccccc3)O2)cc1. The van der Waals surface area contributed by atoms with Crippen molar-refractivity contribution in [2.24, 2.45) is 4.99 Å². The van der Waals surface area contributed by atoms with Crippen LogP contribution < -0.4 is 4.74 Å². The van der Waals surface area contributed by atoms with Gasteiger partial charge in [-0.15, -0.1) is 0 Å². The van der Waals surface area contributed by atoms with Crippen LogP contribution in [0, 0.1) is 0 Å². The quantitative estimate of drug-likeness (QED) is 0.942. The Morgan fingerprint density at radius 2 is 1.81 bits per heavy atom. The number of hydrogen-bond donors (Lipinski definition) is 1. The summed E-state index contributed by atoms with van der Waals surface area (Å²) in [5, 5.41) is 10.1. The fraction of sp³-hybridized carbons (Fsp3) is 0.235. The van der Waals surface area contributed by atoms with Crippen LogP contribution in [-0.2, 0) is 4.74 Å². The van der Waals surface area contributed by atoms with Crippen molar-refractivity contribution in [3.8, 4) is 5.75 Å². The first kappa shape index (κ1) is 13.6. The molecule has 2 aromatic carbocycles. The van der Waals surface area contributed by atoms with E-state index in [4.69, 9.17) is 9.47 Å². The Bertz CT molecular complexity index is 622. The van der Waals surface area contributed by atoms with Gasteiger partial charge in [-0.3, -0.25) is 0 Å². The minimum atomic E-state index is -0.630. The lowest BCUT2D eigenvalue weighted by Crippen LogP contribution is -2.31. The van der Waals surface area contributed by atoms with Gasteiger partial charge in [-0.05, 0) is 29.8 Å². The van der Waals surface area contributed by atoms with E-state index in [0.717, 1.165) is 16.9 Å². The van der Waals surface area contributed by atoms with Gasteiger partial charge in [-0.1, -0.05) is 30.3 Å². The molecule has 0 aromatic heterocycles. The fourth-order valence-corrected chi connectivity index (χ4v) is 2.33. The smallest absolute Gasteiger partial charge is 0.216 e. The van der Waals surface area contributed by atoms with E-state index in [-0.39, 0.29) is 6.10 Å². The van der Waals surface area contributed by atoms with E-state index in [1.165, 1.54) is 0 Å². The van der Waals surface area contributed by atoms with Crippen molar-refractivity contribution in [1.29, 1.82) is 0 Å². The van der Waals surface area contributed by atoms with Crippen LogP contribution in [0.15, 0.2) is 59.6 Å². The molecule has 0 spiro atoms. The predicted molar refractivity (Wildman–Crippen MR) is 80.7 cm³/mol. The summed E-state index contributed by atoms with van der Waals surface area (Å²) >= 11 is 0. The zero-order chi connectivity index (χ0) is 14.7. The lowest BCUT2D eigenvalue weighted by Gasteiger charge is -2.28. The van der Waals surface area contributed by atoms with Gasteiger partial charge in [0.05, 0.1) is 13.7 Å². The summed E-state index contributed by atoms with van der Waals surface area (Å²) in [5.41, 5.74) is 1.83. The fourth-order valence-electron chi connectivity index (χ4n) is 2.33. The van der Waals surface area contributed by atoms with Crippen molar-refractivity contribution in [3.05, 3.63) is 65.7 Å². The van der Waals surface area contributed by atoms with Gasteiger partial charge >= 0.3 is 0 Å². The third kappa shape index (κ3) is 2.90. The van der Waals surface area contributed by atoms with E-state index in [1.54, 1.807) is 7.11 Å². The standard InChI is InChI=1S/C17H17NO3/c1-20-14-9-7-13(8-10-14)17-18-11-15(19)16(21-17)12-5-3-2-4-6-12/h2-10,15-16,19H,11H2,1H3. The van der Waals surface area contributed by atoms with Gasteiger partial charge in [0, 0.05) is 5.56 Å². The van der Waals surface area contributed by atoms with E-state index < -0.39 is 6.10 Å². The Morgan fingerprint density at radius 3 is 2.48 bits per heavy atom. The number of nitrogens with zero attached hydrogens (tertiary/aromatic N) is 1. The Balaban J connectivity index is 1.84. The summed E-state index contributed by atoms with van der Waals surface area (Å²) < 4.78 is 11.0. The summed E-state index contributed by atoms with van der Waals surface area (Å²) in [6, 6.07) is 17.2. The first-order valence-corrected chi connectivity index (χ1v) is 6.86. The highest BCUT2D eigenvalue weighted by molar-refractivity contribution is 5.94. The Hall–Kier alpha value is -2.33. The predicted octanol–water partition coefficient (Wildman–Crippen LogP) is 2.57. The summed E-state index contributed by atoms with van der Waals surface area (Å²) in [6.07, 6.45) is -1.02. The van der Waals surface area contributed by atoms with Crippen LogP contribution in [0.2, 0.25) is 0 Å². The second-order valence-corrected chi connectivity index (χ2v) is 4.89. The minimum absolute atomic E-state index is 0.334. The average molecular weight is 283 g/mol. The van der Waals surface area contributed by atoms with E-state index in [9.17, 15) is 5.11 Å². The third-order valence-electron chi connectivity index (χ3n) is 3.48. The van der Waals surface area contributed by atoms with Crippen molar-refractivity contribution < 1.29 is 14.6 Å². The van der Waals surface area contributed by atoms with Gasteiger partial charge in [0.1, 0.15) is 11.9 Å². The Kier molecular flexibility index (Phi) is 3.88. The van der Waals surface area contributed by atoms with Crippen LogP contribution in [0.25, 0.3) is 0 Å². The van der Waals surface area contributed by atoms with Crippen LogP contribution in [0.4, 0.5) is 0 Å². The lowest BCUT2D eigenvalue weighted by molar-refractivity contribution is 0.0217. The number of ether oxygens (including phenoxy) is 2. The van der Waals surface area contributed by atoms with Gasteiger partial charge in [0.25, 0.3) is 0 Å². The average Bonchev–Trinajstić information content (AvgIpc) is 2.56. The van der Waals surface area contributed by atoms with Crippen LogP contribution in [0.1, 0.15) is 17.2 Å². The second kappa shape index (κ2) is 5.97. The minimum Gasteiger partial charge on any atom is -0.497 e. The number of rotatable bonds is 3. The molecule has 0 amide bonds. The molecule has 4 heteroatoms. The molecule has 1 N–H and O–H groups in total. The molecule has 0 saturated carbocycles. The molecule has 0 fully saturated rings. The first-order chi connectivity index (χ1) is 10.3. The molecule has 108 valence electrons. The molecule has 1 aliphatic rings. The maximum absolute atomic E-state index is 10.1. The van der Waals surface area contributed by atoms with E-state index >= 15 is 0 Å². The number of methoxy groups -OCH3 is 1. The summed E-state index contributed by atoms with van der Waals surface area (Å²) in [6.45, 7) is 0.334. The number of aliphatic imine (C=N–C) groups is 1. The van der Waals surface area contributed by atoms with Crippen LogP contribution in [-0.4, -0.2) is 30.8 Å². The molecule has 0 radical (unpaired) electrons. The normalized spacial score (nSPS) is 21.3. The zero-order valence-corrected chi connectivity index (χ0v) is 11.8.